The molecule has 3 aromatic rings. The van der Waals surface area contributed by atoms with Crippen LogP contribution in [0.15, 0.2) is 48.5 Å². The Morgan fingerprint density at radius 3 is 2.21 bits per heavy atom. The third-order valence-electron chi connectivity index (χ3n) is 10.3. The van der Waals surface area contributed by atoms with Gasteiger partial charge < -0.3 is 19.9 Å². The van der Waals surface area contributed by atoms with Crippen LogP contribution in [0.3, 0.4) is 0 Å². The number of nitrogens with zero attached hydrogens (tertiary/aromatic N) is 1. The molecule has 0 radical (unpaired) electrons. The second-order valence-electron chi connectivity index (χ2n) is 13.7. The minimum atomic E-state index is -1.24. The molecule has 4 aliphatic carbocycles. The highest BCUT2D eigenvalue weighted by molar-refractivity contribution is 6.71. The maximum atomic E-state index is 13.9. The number of hydrogen-bond acceptors (Lipinski definition) is 4. The molecule has 1 aromatic heterocycles. The largest absolute Gasteiger partial charge is 0.467 e. The number of H-pyrrole nitrogens is 1. The average molecular weight is 584 g/mol. The number of nitrogens with one attached hydrogen (secondary N) is 2. The van der Waals surface area contributed by atoms with Gasteiger partial charge in [-0.2, -0.15) is 0 Å². The molecule has 2 aromatic carbocycles. The Kier molecular flexibility index (Phi) is 6.54. The highest BCUT2D eigenvalue weighted by Crippen LogP contribution is 2.55. The molecule has 4 fully saturated rings. The number of carbonyl (C=O) groups is 3. The van der Waals surface area contributed by atoms with Crippen molar-refractivity contribution in [1.82, 2.24) is 15.2 Å². The third-order valence-corrected chi connectivity index (χ3v) is 10.4. The van der Waals surface area contributed by atoms with Gasteiger partial charge in [0.05, 0.1) is 17.8 Å². The van der Waals surface area contributed by atoms with Crippen molar-refractivity contribution in [2.75, 3.05) is 7.11 Å². The van der Waals surface area contributed by atoms with Crippen molar-refractivity contribution in [1.29, 1.82) is 0 Å². The maximum absolute atomic E-state index is 13.9. The Hall–Kier alpha value is -3.19. The molecule has 216 valence electrons. The van der Waals surface area contributed by atoms with E-state index in [1.165, 1.54) is 26.4 Å². The van der Waals surface area contributed by atoms with E-state index in [1.807, 2.05) is 48.5 Å². The number of amides is 2. The SMILES string of the molecule is BC(B)(Cl)C(=O)N1[C@@H](c2ccc(C(=O)NC34CC5CC(CC(C5)C3)C4)cc2)c2[nH]c3ccccc3c2C[C@@H]1C(=O)OC. The number of carbonyl (C=O) groups excluding carboxylic acids is 3. The number of benzene rings is 2. The zero-order valence-corrected chi connectivity index (χ0v) is 25.2. The molecule has 0 spiro atoms. The zero-order chi connectivity index (χ0) is 29.4. The predicted octanol–water partition coefficient (Wildman–Crippen LogP) is 3.04. The molecule has 4 saturated carbocycles. The lowest BCUT2D eigenvalue weighted by molar-refractivity contribution is -0.154. The molecule has 2 heterocycles. The van der Waals surface area contributed by atoms with Crippen LogP contribution >= 0.6 is 11.6 Å². The number of aromatic amines is 1. The molecule has 10 heteroatoms. The summed E-state index contributed by atoms with van der Waals surface area (Å²) in [6.07, 6.45) is 7.55. The van der Waals surface area contributed by atoms with Crippen LogP contribution in [0.1, 0.15) is 71.7 Å². The first-order valence-corrected chi connectivity index (χ1v) is 15.5. The number of methoxy groups -OCH3 is 1. The average Bonchev–Trinajstić information content (AvgIpc) is 3.32. The molecule has 8 rings (SSSR count). The van der Waals surface area contributed by atoms with Crippen LogP contribution in [0.4, 0.5) is 0 Å². The lowest BCUT2D eigenvalue weighted by Crippen LogP contribution is -2.59. The van der Waals surface area contributed by atoms with Crippen molar-refractivity contribution in [2.24, 2.45) is 17.8 Å². The summed E-state index contributed by atoms with van der Waals surface area (Å²) in [6.45, 7) is 0. The Bertz CT molecular complexity index is 1550. The minimum absolute atomic E-state index is 0.0410. The molecule has 1 aliphatic heterocycles. The highest BCUT2D eigenvalue weighted by atomic mass is 35.5. The normalized spacial score (nSPS) is 29.8. The molecule has 2 amide bonds. The van der Waals surface area contributed by atoms with Crippen LogP contribution in [-0.2, 0) is 20.7 Å². The fraction of sp³-hybridized carbons (Fsp3) is 0.469. The van der Waals surface area contributed by atoms with Crippen LogP contribution < -0.4 is 5.32 Å². The predicted molar refractivity (Wildman–Crippen MR) is 167 cm³/mol. The van der Waals surface area contributed by atoms with E-state index in [4.69, 9.17) is 16.3 Å². The van der Waals surface area contributed by atoms with E-state index in [0.717, 1.165) is 64.7 Å². The van der Waals surface area contributed by atoms with Crippen molar-refractivity contribution < 1.29 is 19.1 Å². The van der Waals surface area contributed by atoms with E-state index < -0.39 is 22.7 Å². The fourth-order valence-electron chi connectivity index (χ4n) is 8.90. The Labute approximate surface area is 252 Å². The van der Waals surface area contributed by atoms with Gasteiger partial charge in [0.2, 0.25) is 5.91 Å². The molecule has 4 bridgehead atoms. The van der Waals surface area contributed by atoms with E-state index in [0.29, 0.717) is 12.0 Å². The summed E-state index contributed by atoms with van der Waals surface area (Å²) in [5.41, 5.74) is 4.07. The van der Waals surface area contributed by atoms with Crippen LogP contribution in [0.5, 0.6) is 0 Å². The number of fused-ring (bicyclic) bond motifs is 3. The van der Waals surface area contributed by atoms with Crippen LogP contribution in [0.25, 0.3) is 10.9 Å². The molecular weight excluding hydrogens is 547 g/mol. The van der Waals surface area contributed by atoms with E-state index in [1.54, 1.807) is 20.6 Å². The first-order chi connectivity index (χ1) is 20.0. The molecule has 2 N–H and O–H groups in total. The zero-order valence-electron chi connectivity index (χ0n) is 24.4. The van der Waals surface area contributed by atoms with Crippen LogP contribution in [-0.4, -0.2) is 66.7 Å². The highest BCUT2D eigenvalue weighted by Gasteiger charge is 2.52. The van der Waals surface area contributed by atoms with Gasteiger partial charge in [-0.1, -0.05) is 30.3 Å². The summed E-state index contributed by atoms with van der Waals surface area (Å²) >= 11 is 6.60. The lowest BCUT2D eigenvalue weighted by atomic mass is 9.53. The molecule has 2 atom stereocenters. The maximum Gasteiger partial charge on any atom is 0.328 e. The van der Waals surface area contributed by atoms with Gasteiger partial charge in [-0.3, -0.25) is 9.59 Å². The molecule has 42 heavy (non-hydrogen) atoms. The second-order valence-corrected chi connectivity index (χ2v) is 14.6. The number of aromatic nitrogens is 1. The van der Waals surface area contributed by atoms with Gasteiger partial charge in [0.1, 0.15) is 21.7 Å². The summed E-state index contributed by atoms with van der Waals surface area (Å²) in [5, 5.41) is 4.47. The van der Waals surface area contributed by atoms with Crippen LogP contribution in [0.2, 0.25) is 0 Å². The topological polar surface area (TPSA) is 91.5 Å². The summed E-state index contributed by atoms with van der Waals surface area (Å²) in [4.78, 5) is 45.7. The molecule has 0 unspecified atom stereocenters. The van der Waals surface area contributed by atoms with Crippen molar-refractivity contribution in [3.63, 3.8) is 0 Å². The molecule has 5 aliphatic rings. The first kappa shape index (κ1) is 27.6. The quantitative estimate of drug-likeness (QED) is 0.275. The van der Waals surface area contributed by atoms with Crippen molar-refractivity contribution in [3.05, 3.63) is 70.9 Å². The van der Waals surface area contributed by atoms with Crippen molar-refractivity contribution in [3.8, 4) is 0 Å². The van der Waals surface area contributed by atoms with Gasteiger partial charge in [0.15, 0.2) is 0 Å². The van der Waals surface area contributed by atoms with E-state index >= 15 is 0 Å². The second kappa shape index (κ2) is 9.93. The minimum Gasteiger partial charge on any atom is -0.467 e. The van der Waals surface area contributed by atoms with Gasteiger partial charge in [-0.25, -0.2) is 4.79 Å². The Morgan fingerprint density at radius 2 is 1.62 bits per heavy atom. The summed E-state index contributed by atoms with van der Waals surface area (Å²) in [5.74, 6) is 1.34. The fourth-order valence-corrected chi connectivity index (χ4v) is 9.00. The monoisotopic (exact) mass is 583 g/mol. The van der Waals surface area contributed by atoms with Gasteiger partial charge in [-0.15, -0.1) is 11.6 Å². The van der Waals surface area contributed by atoms with Gasteiger partial charge >= 0.3 is 5.97 Å². The smallest absolute Gasteiger partial charge is 0.328 e. The number of esters is 1. The number of rotatable bonds is 5. The van der Waals surface area contributed by atoms with Crippen molar-refractivity contribution >= 4 is 56.0 Å². The van der Waals surface area contributed by atoms with Crippen molar-refractivity contribution in [2.45, 2.75) is 67.2 Å². The van der Waals surface area contributed by atoms with E-state index in [2.05, 4.69) is 10.3 Å². The van der Waals surface area contributed by atoms with E-state index in [-0.39, 0.29) is 17.4 Å². The standard InChI is InChI=1S/C32H36B2ClN3O4/c1-42-29(40)25-13-23-22-4-2-3-5-24(22)36-26(23)27(38(25)30(41)32(33,34)35)20-6-8-21(9-7-20)28(39)37-31-14-17-10-18(15-31)12-19(11-17)16-31/h2-9,17-19,25,27,36H,10-16,33-34H2,1H3,(H,37,39)/t17?,18?,19?,25-,27+,31?/m1/s1. The summed E-state index contributed by atoms with van der Waals surface area (Å²) in [7, 11) is 4.62. The molecule has 0 saturated heterocycles. The van der Waals surface area contributed by atoms with Gasteiger partial charge in [-0.05, 0) is 85.6 Å². The number of halogens is 1. The number of para-hydroxylation sites is 1. The molecule has 7 nitrogen and oxygen atoms in total. The van der Waals surface area contributed by atoms with Gasteiger partial charge in [0.25, 0.3) is 5.91 Å². The Balaban J connectivity index is 1.25. The van der Waals surface area contributed by atoms with Crippen LogP contribution in [0, 0.1) is 17.8 Å². The first-order valence-electron chi connectivity index (χ1n) is 15.2. The summed E-state index contributed by atoms with van der Waals surface area (Å²) in [6, 6.07) is 13.9. The van der Waals surface area contributed by atoms with E-state index in [9.17, 15) is 14.4 Å². The Morgan fingerprint density at radius 1 is 1.00 bits per heavy atom. The number of alkyl halides is 1. The molecular formula is C32H36B2ClN3O4. The number of hydrogen-bond donors (Lipinski definition) is 2. The van der Waals surface area contributed by atoms with Gasteiger partial charge in [0, 0.05) is 34.1 Å². The lowest BCUT2D eigenvalue weighted by Gasteiger charge is -2.56. The summed E-state index contributed by atoms with van der Waals surface area (Å²) < 4.78 is 3.95. The number of ether oxygens (including phenoxy) is 1. The third kappa shape index (κ3) is 4.55.